The monoisotopic (exact) mass is 362 g/mol. The van der Waals surface area contributed by atoms with Crippen LogP contribution in [0, 0.1) is 0 Å². The highest BCUT2D eigenvalue weighted by Gasteiger charge is 2.23. The van der Waals surface area contributed by atoms with E-state index in [-0.39, 0.29) is 11.8 Å². The molecule has 0 atom stereocenters. The lowest BCUT2D eigenvalue weighted by molar-refractivity contribution is -0.116. The molecule has 0 aliphatic carbocycles. The van der Waals surface area contributed by atoms with Gasteiger partial charge >= 0.3 is 0 Å². The number of aromatic nitrogens is 4. The molecule has 0 bridgehead atoms. The lowest BCUT2D eigenvalue weighted by Gasteiger charge is -2.14. The van der Waals surface area contributed by atoms with Crippen LogP contribution >= 0.6 is 0 Å². The minimum absolute atomic E-state index is 0.0148. The zero-order valence-electron chi connectivity index (χ0n) is 15.0. The SMILES string of the molecule is CC(=O)N1CCc2cc(C(=O)Nc3cccc(-c4nnnn4C)c3)ccc21. The van der Waals surface area contributed by atoms with Crippen molar-refractivity contribution in [3.05, 3.63) is 53.6 Å². The van der Waals surface area contributed by atoms with Crippen LogP contribution in [0.3, 0.4) is 0 Å². The zero-order chi connectivity index (χ0) is 19.0. The third-order valence-corrected chi connectivity index (χ3v) is 4.62. The summed E-state index contributed by atoms with van der Waals surface area (Å²) in [6, 6.07) is 12.8. The number of fused-ring (bicyclic) bond motifs is 1. The second-order valence-corrected chi connectivity index (χ2v) is 6.43. The van der Waals surface area contributed by atoms with Crippen LogP contribution in [0.1, 0.15) is 22.8 Å². The molecule has 0 radical (unpaired) electrons. The van der Waals surface area contributed by atoms with Crippen LogP contribution in [0.25, 0.3) is 11.4 Å². The predicted molar refractivity (Wildman–Crippen MR) is 100 cm³/mol. The van der Waals surface area contributed by atoms with Crippen LogP contribution in [0.5, 0.6) is 0 Å². The molecule has 0 fully saturated rings. The van der Waals surface area contributed by atoms with Crippen molar-refractivity contribution in [2.24, 2.45) is 7.05 Å². The number of carbonyl (C=O) groups is 2. The average molecular weight is 362 g/mol. The number of nitrogens with zero attached hydrogens (tertiary/aromatic N) is 5. The van der Waals surface area contributed by atoms with Gasteiger partial charge in [0, 0.05) is 43.0 Å². The van der Waals surface area contributed by atoms with Gasteiger partial charge in [0.05, 0.1) is 0 Å². The summed E-state index contributed by atoms with van der Waals surface area (Å²) in [7, 11) is 1.76. The van der Waals surface area contributed by atoms with E-state index in [9.17, 15) is 9.59 Å². The van der Waals surface area contributed by atoms with E-state index in [1.165, 1.54) is 0 Å². The van der Waals surface area contributed by atoms with Crippen LogP contribution in [0.4, 0.5) is 11.4 Å². The largest absolute Gasteiger partial charge is 0.322 e. The smallest absolute Gasteiger partial charge is 0.255 e. The molecule has 0 spiro atoms. The summed E-state index contributed by atoms with van der Waals surface area (Å²) >= 11 is 0. The van der Waals surface area contributed by atoms with Gasteiger partial charge in [0.15, 0.2) is 5.82 Å². The molecule has 2 amide bonds. The molecule has 2 heterocycles. The van der Waals surface area contributed by atoms with Gasteiger partial charge in [-0.25, -0.2) is 4.68 Å². The van der Waals surface area contributed by atoms with Crippen molar-refractivity contribution in [2.75, 3.05) is 16.8 Å². The minimum Gasteiger partial charge on any atom is -0.322 e. The Morgan fingerprint density at radius 2 is 2.00 bits per heavy atom. The molecule has 1 aliphatic rings. The Morgan fingerprint density at radius 1 is 1.15 bits per heavy atom. The molecule has 136 valence electrons. The second-order valence-electron chi connectivity index (χ2n) is 6.43. The molecule has 1 aromatic heterocycles. The van der Waals surface area contributed by atoms with Crippen LogP contribution in [0.15, 0.2) is 42.5 Å². The van der Waals surface area contributed by atoms with Gasteiger partial charge in [-0.3, -0.25) is 9.59 Å². The lowest BCUT2D eigenvalue weighted by atomic mass is 10.1. The number of amides is 2. The van der Waals surface area contributed by atoms with E-state index in [0.717, 1.165) is 23.2 Å². The van der Waals surface area contributed by atoms with Crippen LogP contribution in [-0.4, -0.2) is 38.6 Å². The molecule has 0 unspecified atom stereocenters. The molecule has 1 N–H and O–H groups in total. The van der Waals surface area contributed by atoms with Crippen LogP contribution in [-0.2, 0) is 18.3 Å². The highest BCUT2D eigenvalue weighted by Crippen LogP contribution is 2.29. The fourth-order valence-electron chi connectivity index (χ4n) is 3.28. The first-order valence-electron chi connectivity index (χ1n) is 8.58. The number of tetrazole rings is 1. The van der Waals surface area contributed by atoms with Gasteiger partial charge in [0.2, 0.25) is 5.91 Å². The van der Waals surface area contributed by atoms with Crippen LogP contribution < -0.4 is 10.2 Å². The quantitative estimate of drug-likeness (QED) is 0.770. The summed E-state index contributed by atoms with van der Waals surface area (Å²) in [5.74, 6) is 0.432. The first-order valence-corrected chi connectivity index (χ1v) is 8.58. The van der Waals surface area contributed by atoms with E-state index >= 15 is 0 Å². The molecule has 1 aliphatic heterocycles. The third-order valence-electron chi connectivity index (χ3n) is 4.62. The summed E-state index contributed by atoms with van der Waals surface area (Å²) in [6.07, 6.45) is 0.755. The topological polar surface area (TPSA) is 93.0 Å². The van der Waals surface area contributed by atoms with Gasteiger partial charge in [0.25, 0.3) is 5.91 Å². The van der Waals surface area contributed by atoms with Gasteiger partial charge in [-0.15, -0.1) is 5.10 Å². The van der Waals surface area contributed by atoms with Gasteiger partial charge in [-0.05, 0) is 52.7 Å². The van der Waals surface area contributed by atoms with Crippen molar-refractivity contribution in [2.45, 2.75) is 13.3 Å². The maximum atomic E-state index is 12.7. The molecule has 27 heavy (non-hydrogen) atoms. The molecule has 3 aromatic rings. The fourth-order valence-corrected chi connectivity index (χ4v) is 3.28. The zero-order valence-corrected chi connectivity index (χ0v) is 15.0. The average Bonchev–Trinajstić information content (AvgIpc) is 3.27. The van der Waals surface area contributed by atoms with Crippen molar-refractivity contribution in [3.8, 4) is 11.4 Å². The maximum Gasteiger partial charge on any atom is 0.255 e. The first-order chi connectivity index (χ1) is 13.0. The molecule has 0 saturated heterocycles. The van der Waals surface area contributed by atoms with Crippen molar-refractivity contribution in [1.82, 2.24) is 20.2 Å². The maximum absolute atomic E-state index is 12.7. The minimum atomic E-state index is -0.202. The van der Waals surface area contributed by atoms with E-state index in [0.29, 0.717) is 23.6 Å². The predicted octanol–water partition coefficient (Wildman–Crippen LogP) is 2.04. The van der Waals surface area contributed by atoms with Gasteiger partial charge in [-0.2, -0.15) is 0 Å². The number of rotatable bonds is 3. The standard InChI is InChI=1S/C19H18N6O2/c1-12(26)25-9-8-13-10-15(6-7-17(13)25)19(27)20-16-5-3-4-14(11-16)18-21-22-23-24(18)2/h3-7,10-11H,8-9H2,1-2H3,(H,20,27). The van der Waals surface area contributed by atoms with E-state index in [4.69, 9.17) is 0 Å². The Kier molecular flexibility index (Phi) is 4.15. The molecular weight excluding hydrogens is 344 g/mol. The molecule has 0 saturated carbocycles. The molecular formula is C19H18N6O2. The molecule has 8 nitrogen and oxygen atoms in total. The Morgan fingerprint density at radius 3 is 2.74 bits per heavy atom. The summed E-state index contributed by atoms with van der Waals surface area (Å²) in [5.41, 5.74) is 3.93. The molecule has 4 rings (SSSR count). The normalized spacial score (nSPS) is 12.7. The van der Waals surface area contributed by atoms with Gasteiger partial charge < -0.3 is 10.2 Å². The molecule has 8 heteroatoms. The van der Waals surface area contributed by atoms with E-state index < -0.39 is 0 Å². The van der Waals surface area contributed by atoms with Crippen LogP contribution in [0.2, 0.25) is 0 Å². The summed E-state index contributed by atoms with van der Waals surface area (Å²) in [4.78, 5) is 26.0. The highest BCUT2D eigenvalue weighted by atomic mass is 16.2. The van der Waals surface area contributed by atoms with E-state index in [1.807, 2.05) is 36.4 Å². The Balaban J connectivity index is 1.55. The lowest BCUT2D eigenvalue weighted by Crippen LogP contribution is -2.25. The van der Waals surface area contributed by atoms with E-state index in [1.54, 1.807) is 29.6 Å². The number of anilines is 2. The van der Waals surface area contributed by atoms with Crippen molar-refractivity contribution in [1.29, 1.82) is 0 Å². The van der Waals surface area contributed by atoms with Gasteiger partial charge in [0.1, 0.15) is 0 Å². The van der Waals surface area contributed by atoms with Gasteiger partial charge in [-0.1, -0.05) is 12.1 Å². The van der Waals surface area contributed by atoms with Crippen molar-refractivity contribution < 1.29 is 9.59 Å². The Hall–Kier alpha value is -3.55. The van der Waals surface area contributed by atoms with Crippen molar-refractivity contribution in [3.63, 3.8) is 0 Å². The third kappa shape index (κ3) is 3.17. The summed E-state index contributed by atoms with van der Waals surface area (Å²) in [5, 5.41) is 14.3. The number of nitrogens with one attached hydrogen (secondary N) is 1. The second kappa shape index (κ2) is 6.64. The fraction of sp³-hybridized carbons (Fsp3) is 0.211. The summed E-state index contributed by atoms with van der Waals surface area (Å²) in [6.45, 7) is 2.21. The Labute approximate surface area is 155 Å². The summed E-state index contributed by atoms with van der Waals surface area (Å²) < 4.78 is 1.57. The molecule has 2 aromatic carbocycles. The number of hydrogen-bond donors (Lipinski definition) is 1. The Bertz CT molecular complexity index is 1040. The number of hydrogen-bond acceptors (Lipinski definition) is 5. The number of carbonyl (C=O) groups excluding carboxylic acids is 2. The van der Waals surface area contributed by atoms with E-state index in [2.05, 4.69) is 20.8 Å². The van der Waals surface area contributed by atoms with Crippen molar-refractivity contribution >= 4 is 23.2 Å². The number of benzene rings is 2. The first kappa shape index (κ1) is 16.9. The highest BCUT2D eigenvalue weighted by molar-refractivity contribution is 6.05. The number of aryl methyl sites for hydroxylation is 1.